The average molecular weight is 551 g/mol. The van der Waals surface area contributed by atoms with Gasteiger partial charge in [0.15, 0.2) is 5.88 Å². The SMILES string of the molecule is C=C1OCC2CCCCN12.C=CN.CC.CC.Cc1ccc(Cc2cc(S)c(Br)cc2N)cc1. The Kier molecular flexibility index (Phi) is 17.2. The lowest BCUT2D eigenvalue weighted by atomic mass is 10.0. The molecule has 2 fully saturated rings. The molecule has 4 nitrogen and oxygen atoms in total. The minimum Gasteiger partial charge on any atom is -0.477 e. The van der Waals surface area contributed by atoms with Gasteiger partial charge in [-0.2, -0.15) is 0 Å². The molecule has 1 unspecified atom stereocenters. The molecule has 0 aliphatic carbocycles. The van der Waals surface area contributed by atoms with Crippen LogP contribution in [0.3, 0.4) is 0 Å². The summed E-state index contributed by atoms with van der Waals surface area (Å²) in [5.41, 5.74) is 15.1. The van der Waals surface area contributed by atoms with Gasteiger partial charge >= 0.3 is 0 Å². The molecule has 0 bridgehead atoms. The summed E-state index contributed by atoms with van der Waals surface area (Å²) in [6.45, 7) is 19.1. The summed E-state index contributed by atoms with van der Waals surface area (Å²) in [7, 11) is 0. The molecule has 2 aromatic rings. The van der Waals surface area contributed by atoms with Gasteiger partial charge in [0.05, 0.1) is 6.04 Å². The Labute approximate surface area is 222 Å². The molecule has 2 aliphatic heterocycles. The van der Waals surface area contributed by atoms with E-state index < -0.39 is 0 Å². The van der Waals surface area contributed by atoms with Crippen LogP contribution in [-0.4, -0.2) is 24.1 Å². The summed E-state index contributed by atoms with van der Waals surface area (Å²) in [6, 6.07) is 13.1. The van der Waals surface area contributed by atoms with Gasteiger partial charge < -0.3 is 21.1 Å². The van der Waals surface area contributed by atoms with E-state index in [2.05, 4.69) is 83.5 Å². The van der Waals surface area contributed by atoms with Crippen molar-refractivity contribution in [2.75, 3.05) is 18.9 Å². The largest absolute Gasteiger partial charge is 0.477 e. The molecule has 2 heterocycles. The van der Waals surface area contributed by atoms with Crippen LogP contribution in [0.4, 0.5) is 5.69 Å². The van der Waals surface area contributed by atoms with Gasteiger partial charge in [-0.25, -0.2) is 0 Å². The van der Waals surface area contributed by atoms with Crippen molar-refractivity contribution in [2.45, 2.75) is 71.2 Å². The van der Waals surface area contributed by atoms with Gasteiger partial charge in [0, 0.05) is 21.6 Å². The topological polar surface area (TPSA) is 64.5 Å². The Morgan fingerprint density at radius 1 is 1.15 bits per heavy atom. The number of piperidine rings is 1. The highest BCUT2D eigenvalue weighted by molar-refractivity contribution is 9.10. The molecule has 2 aliphatic rings. The van der Waals surface area contributed by atoms with E-state index in [0.717, 1.165) is 46.1 Å². The Hall–Kier alpha value is -2.05. The second kappa shape index (κ2) is 18.3. The van der Waals surface area contributed by atoms with Crippen LogP contribution in [-0.2, 0) is 11.2 Å². The number of halogens is 1. The standard InChI is InChI=1S/C14H14BrNS.C8H13NO.C2H5N.2C2H6/c1-9-2-4-10(5-3-9)6-11-7-14(17)12(15)8-13(11)16;1-7-9-5-3-2-4-8(9)6-10-7;1-2-3;2*1-2/h2-5,7-8,17H,6,16H2,1H3;8H,1-6H2;2H,1,3H2;2*1-2H3. The maximum absolute atomic E-state index is 6.00. The minimum absolute atomic E-state index is 0.654. The van der Waals surface area contributed by atoms with Crippen LogP contribution in [0.1, 0.15) is 63.6 Å². The monoisotopic (exact) mass is 549 g/mol. The van der Waals surface area contributed by atoms with E-state index in [1.165, 1.54) is 36.6 Å². The summed E-state index contributed by atoms with van der Waals surface area (Å²) in [5.74, 6) is 0.893. The Bertz CT molecular complexity index is 855. The summed E-state index contributed by atoms with van der Waals surface area (Å²) >= 11 is 7.81. The number of nitrogen functional groups attached to an aromatic ring is 1. The number of hydrogen-bond acceptors (Lipinski definition) is 5. The van der Waals surface area contributed by atoms with E-state index in [0.29, 0.717) is 6.04 Å². The minimum atomic E-state index is 0.654. The highest BCUT2D eigenvalue weighted by Gasteiger charge is 2.30. The number of ether oxygens (including phenoxy) is 1. The van der Waals surface area contributed by atoms with Crippen molar-refractivity contribution in [1.29, 1.82) is 0 Å². The van der Waals surface area contributed by atoms with Crippen molar-refractivity contribution >= 4 is 34.2 Å². The third-order valence-electron chi connectivity index (χ3n) is 5.11. The van der Waals surface area contributed by atoms with E-state index in [4.69, 9.17) is 10.5 Å². The summed E-state index contributed by atoms with van der Waals surface area (Å²) < 4.78 is 6.27. The molecule has 0 aromatic heterocycles. The number of aryl methyl sites for hydroxylation is 1. The zero-order valence-corrected chi connectivity index (χ0v) is 24.1. The van der Waals surface area contributed by atoms with Gasteiger partial charge in [-0.1, -0.05) is 64.1 Å². The first kappa shape index (κ1) is 32.0. The molecular formula is C28H44BrN3OS. The van der Waals surface area contributed by atoms with E-state index in [1.807, 2.05) is 39.8 Å². The molecule has 1 atom stereocenters. The zero-order valence-electron chi connectivity index (χ0n) is 21.6. The maximum atomic E-state index is 6.00. The van der Waals surface area contributed by atoms with Crippen LogP contribution in [0.15, 0.2) is 71.0 Å². The lowest BCUT2D eigenvalue weighted by molar-refractivity contribution is 0.223. The Morgan fingerprint density at radius 3 is 2.29 bits per heavy atom. The summed E-state index contributed by atoms with van der Waals surface area (Å²) in [5, 5.41) is 0. The predicted molar refractivity (Wildman–Crippen MR) is 156 cm³/mol. The van der Waals surface area contributed by atoms with Crippen molar-refractivity contribution in [3.8, 4) is 0 Å². The number of fused-ring (bicyclic) bond motifs is 1. The fourth-order valence-electron chi connectivity index (χ4n) is 3.48. The fourth-order valence-corrected chi connectivity index (χ4v) is 4.06. The van der Waals surface area contributed by atoms with E-state index in [-0.39, 0.29) is 0 Å². The first-order chi connectivity index (χ1) is 16.3. The van der Waals surface area contributed by atoms with Crippen molar-refractivity contribution in [2.24, 2.45) is 5.73 Å². The molecular weight excluding hydrogens is 506 g/mol. The molecule has 2 aromatic carbocycles. The van der Waals surface area contributed by atoms with Crippen LogP contribution in [0, 0.1) is 6.92 Å². The lowest BCUT2D eigenvalue weighted by Crippen LogP contribution is -2.34. The Morgan fingerprint density at radius 2 is 1.74 bits per heavy atom. The van der Waals surface area contributed by atoms with Gasteiger partial charge in [0.2, 0.25) is 0 Å². The van der Waals surface area contributed by atoms with E-state index in [9.17, 15) is 0 Å². The molecule has 34 heavy (non-hydrogen) atoms. The molecule has 0 saturated carbocycles. The van der Waals surface area contributed by atoms with Crippen LogP contribution in [0.2, 0.25) is 0 Å². The third-order valence-corrected chi connectivity index (χ3v) is 6.45. The molecule has 190 valence electrons. The van der Waals surface area contributed by atoms with Gasteiger partial charge in [0.25, 0.3) is 0 Å². The summed E-state index contributed by atoms with van der Waals surface area (Å²) in [4.78, 5) is 3.21. The van der Waals surface area contributed by atoms with Crippen LogP contribution in [0.25, 0.3) is 0 Å². The highest BCUT2D eigenvalue weighted by atomic mass is 79.9. The molecule has 4 N–H and O–H groups in total. The summed E-state index contributed by atoms with van der Waals surface area (Å²) in [6.07, 6.45) is 6.04. The van der Waals surface area contributed by atoms with Crippen LogP contribution >= 0.6 is 28.6 Å². The first-order valence-corrected chi connectivity index (χ1v) is 13.3. The van der Waals surface area contributed by atoms with Crippen molar-refractivity contribution < 1.29 is 4.74 Å². The Balaban J connectivity index is 0.000000543. The molecule has 0 amide bonds. The number of benzene rings is 2. The van der Waals surface area contributed by atoms with E-state index in [1.54, 1.807) is 0 Å². The predicted octanol–water partition coefficient (Wildman–Crippen LogP) is 7.70. The molecule has 0 radical (unpaired) electrons. The van der Waals surface area contributed by atoms with Crippen molar-refractivity contribution in [3.63, 3.8) is 0 Å². The fraction of sp³-hybridized carbons (Fsp3) is 0.429. The quantitative estimate of drug-likeness (QED) is 0.265. The number of thiol groups is 1. The second-order valence-electron chi connectivity index (χ2n) is 7.45. The number of anilines is 1. The van der Waals surface area contributed by atoms with Crippen molar-refractivity contribution in [3.05, 3.63) is 82.8 Å². The number of nitrogens with two attached hydrogens (primary N) is 2. The number of rotatable bonds is 2. The average Bonchev–Trinajstić information content (AvgIpc) is 3.23. The molecule has 0 spiro atoms. The zero-order chi connectivity index (χ0) is 26.1. The second-order valence-corrected chi connectivity index (χ2v) is 8.78. The number of nitrogens with zero attached hydrogens (tertiary/aromatic N) is 1. The van der Waals surface area contributed by atoms with E-state index >= 15 is 0 Å². The maximum Gasteiger partial charge on any atom is 0.182 e. The van der Waals surface area contributed by atoms with Crippen LogP contribution < -0.4 is 11.5 Å². The lowest BCUT2D eigenvalue weighted by Gasteiger charge is -2.28. The molecule has 2 saturated heterocycles. The highest BCUT2D eigenvalue weighted by Crippen LogP contribution is 2.28. The smallest absolute Gasteiger partial charge is 0.182 e. The van der Waals surface area contributed by atoms with Crippen LogP contribution in [0.5, 0.6) is 0 Å². The first-order valence-electron chi connectivity index (χ1n) is 12.1. The van der Waals surface area contributed by atoms with Crippen molar-refractivity contribution in [1.82, 2.24) is 4.90 Å². The van der Waals surface area contributed by atoms with Gasteiger partial charge in [-0.15, -0.1) is 12.6 Å². The normalized spacial score (nSPS) is 15.3. The molecule has 6 heteroatoms. The van der Waals surface area contributed by atoms with Gasteiger partial charge in [-0.05, 0) is 84.6 Å². The van der Waals surface area contributed by atoms with Gasteiger partial charge in [-0.3, -0.25) is 0 Å². The van der Waals surface area contributed by atoms with Gasteiger partial charge in [0.1, 0.15) is 6.61 Å². The molecule has 4 rings (SSSR count). The third kappa shape index (κ3) is 10.9. The number of hydrogen-bond donors (Lipinski definition) is 3.